The number of ether oxygens (including phenoxy) is 1. The van der Waals surface area contributed by atoms with Crippen LogP contribution in [0.15, 0.2) is 35.5 Å². The molecule has 0 saturated carbocycles. The molecule has 0 unspecified atom stereocenters. The van der Waals surface area contributed by atoms with E-state index in [9.17, 15) is 4.79 Å². The average molecular weight is 798 g/mol. The zero-order chi connectivity index (χ0) is 40.4. The molecule has 3 aliphatic rings. The largest absolute Gasteiger partial charge is 0.444 e. The fourth-order valence-corrected chi connectivity index (χ4v) is 16.0. The molecular weight excluding hydrogens is 741 g/mol. The number of anilines is 1. The quantitative estimate of drug-likeness (QED) is 0.0832. The molecular formula is C45H57F2N5O2SSi. The van der Waals surface area contributed by atoms with Crippen molar-refractivity contribution < 1.29 is 18.3 Å². The van der Waals surface area contributed by atoms with Gasteiger partial charge in [-0.25, -0.2) is 28.5 Å². The minimum absolute atomic E-state index is 0.0323. The first-order valence-electron chi connectivity index (χ1n) is 20.5. The summed E-state index contributed by atoms with van der Waals surface area (Å²) in [6.45, 7) is 24.0. The molecule has 2 saturated heterocycles. The highest BCUT2D eigenvalue weighted by Gasteiger charge is 2.52. The molecule has 3 aliphatic heterocycles. The van der Waals surface area contributed by atoms with Gasteiger partial charge in [-0.2, -0.15) is 0 Å². The number of halogens is 2. The lowest BCUT2D eigenvalue weighted by molar-refractivity contribution is 0.00452. The molecule has 0 radical (unpaired) electrons. The van der Waals surface area contributed by atoms with Crippen LogP contribution in [0.1, 0.15) is 107 Å². The average Bonchev–Trinajstić information content (AvgIpc) is 3.43. The predicted molar refractivity (Wildman–Crippen MR) is 228 cm³/mol. The molecule has 298 valence electrons. The Morgan fingerprint density at radius 3 is 2.36 bits per heavy atom. The second kappa shape index (κ2) is 15.2. The summed E-state index contributed by atoms with van der Waals surface area (Å²) in [4.78, 5) is 33.2. The SMILES string of the molecule is CCSc1nc2c3c(nc(-c4cccc5ccc(F)c(C#C[Si](C(C)C)(C(C)C)C(C)C)c45)c(F)c3n1)CC[C@H](C)[C@H]1[C@@H]3CC[C@H](CN21)N3C(=O)OC(C)(C)C. The lowest BCUT2D eigenvalue weighted by atomic mass is 9.85. The van der Waals surface area contributed by atoms with Gasteiger partial charge in [-0.3, -0.25) is 4.90 Å². The second-order valence-corrected chi connectivity index (χ2v) is 24.8. The minimum atomic E-state index is -2.22. The monoisotopic (exact) mass is 797 g/mol. The summed E-state index contributed by atoms with van der Waals surface area (Å²) >= 11 is 1.48. The molecule has 5 heterocycles. The Balaban J connectivity index is 1.44. The molecule has 7 nitrogen and oxygen atoms in total. The number of pyridine rings is 1. The van der Waals surface area contributed by atoms with Crippen molar-refractivity contribution in [3.8, 4) is 22.7 Å². The van der Waals surface area contributed by atoms with Gasteiger partial charge in [-0.15, -0.1) is 5.54 Å². The molecule has 4 atom stereocenters. The highest BCUT2D eigenvalue weighted by molar-refractivity contribution is 7.99. The van der Waals surface area contributed by atoms with E-state index in [1.54, 1.807) is 6.07 Å². The summed E-state index contributed by atoms with van der Waals surface area (Å²) in [6.07, 6.45) is 2.82. The van der Waals surface area contributed by atoms with E-state index in [1.807, 2.05) is 50.8 Å². The van der Waals surface area contributed by atoms with Crippen LogP contribution in [0.2, 0.25) is 16.6 Å². The zero-order valence-electron chi connectivity index (χ0n) is 34.9. The van der Waals surface area contributed by atoms with Crippen LogP contribution in [0.25, 0.3) is 32.9 Å². The van der Waals surface area contributed by atoms with Gasteiger partial charge in [0.25, 0.3) is 0 Å². The Kier molecular flexibility index (Phi) is 11.0. The summed E-state index contributed by atoms with van der Waals surface area (Å²) in [7, 11) is -2.22. The third-order valence-corrected chi connectivity index (χ3v) is 19.6. The Labute approximate surface area is 336 Å². The van der Waals surface area contributed by atoms with Crippen molar-refractivity contribution in [3.05, 3.63) is 53.2 Å². The van der Waals surface area contributed by atoms with Gasteiger partial charge in [0.05, 0.1) is 34.8 Å². The number of hydrogen-bond donors (Lipinski definition) is 0. The van der Waals surface area contributed by atoms with Gasteiger partial charge in [0.2, 0.25) is 0 Å². The first kappa shape index (κ1) is 40.4. The molecule has 2 aromatic carbocycles. The topological polar surface area (TPSA) is 71.5 Å². The number of piperazine rings is 1. The Morgan fingerprint density at radius 2 is 1.70 bits per heavy atom. The Bertz CT molecular complexity index is 2220. The number of aromatic nitrogens is 3. The maximum Gasteiger partial charge on any atom is 0.410 e. The van der Waals surface area contributed by atoms with Crippen molar-refractivity contribution in [2.24, 2.45) is 5.92 Å². The van der Waals surface area contributed by atoms with Crippen molar-refractivity contribution in [1.29, 1.82) is 0 Å². The molecule has 0 aliphatic carbocycles. The fraction of sp³-hybridized carbons (Fsp3) is 0.556. The van der Waals surface area contributed by atoms with Gasteiger partial charge < -0.3 is 9.64 Å². The fourth-order valence-electron chi connectivity index (χ4n) is 10.3. The molecule has 11 heteroatoms. The smallest absolute Gasteiger partial charge is 0.410 e. The number of benzene rings is 2. The lowest BCUT2D eigenvalue weighted by Gasteiger charge is -2.50. The van der Waals surface area contributed by atoms with Gasteiger partial charge in [0.1, 0.15) is 36.5 Å². The summed E-state index contributed by atoms with van der Waals surface area (Å²) < 4.78 is 39.7. The van der Waals surface area contributed by atoms with E-state index in [0.717, 1.165) is 30.3 Å². The van der Waals surface area contributed by atoms with Crippen LogP contribution >= 0.6 is 11.8 Å². The number of hydrogen-bond acceptors (Lipinski definition) is 7. The number of carbonyl (C=O) groups is 1. The summed E-state index contributed by atoms with van der Waals surface area (Å²) in [6, 6.07) is 8.73. The molecule has 7 rings (SSSR count). The van der Waals surface area contributed by atoms with Crippen molar-refractivity contribution in [2.75, 3.05) is 17.2 Å². The number of carbonyl (C=O) groups excluding carboxylic acids is 1. The Hall–Kier alpha value is -3.75. The normalized spacial score (nSPS) is 21.1. The van der Waals surface area contributed by atoms with Crippen LogP contribution in [0.4, 0.5) is 19.4 Å². The van der Waals surface area contributed by atoms with Crippen LogP contribution in [0, 0.1) is 29.0 Å². The highest BCUT2D eigenvalue weighted by Crippen LogP contribution is 2.47. The van der Waals surface area contributed by atoms with E-state index in [2.05, 4.69) is 64.8 Å². The zero-order valence-corrected chi connectivity index (χ0v) is 36.7. The predicted octanol–water partition coefficient (Wildman–Crippen LogP) is 11.3. The highest BCUT2D eigenvalue weighted by atomic mass is 32.2. The standard InChI is InChI=1S/C45H57F2N5O2SSi/c1-12-55-43-49-40-37-34(20-16-28(8)41-35-21-18-30(24-51(41)42(37)50-43)52(35)44(53)54-45(9,10)11)48-39(38(40)47)32-15-13-14-29-17-19-33(46)31(36(29)32)22-23-56(25(2)3,26(4)5)27(6)7/h13-15,17,19,25-28,30,35,41H,12,16,18,20-21,24H2,1-11H3/t28-,30+,35-,41-/m0/s1. The van der Waals surface area contributed by atoms with Crippen LogP contribution < -0.4 is 4.90 Å². The number of amides is 1. The van der Waals surface area contributed by atoms with Gasteiger partial charge in [-0.1, -0.05) is 97.3 Å². The summed E-state index contributed by atoms with van der Waals surface area (Å²) in [5.74, 6) is 3.99. The number of fused-ring (bicyclic) bond motifs is 6. The maximum atomic E-state index is 17.6. The minimum Gasteiger partial charge on any atom is -0.444 e. The summed E-state index contributed by atoms with van der Waals surface area (Å²) in [5, 5.41) is 2.48. The molecule has 2 bridgehead atoms. The number of aryl methyl sites for hydroxylation is 1. The van der Waals surface area contributed by atoms with E-state index in [1.165, 1.54) is 17.8 Å². The molecule has 4 aromatic rings. The summed E-state index contributed by atoms with van der Waals surface area (Å²) in [5.41, 5.74) is 6.15. The van der Waals surface area contributed by atoms with E-state index >= 15 is 8.78 Å². The van der Waals surface area contributed by atoms with Crippen molar-refractivity contribution in [3.63, 3.8) is 0 Å². The third-order valence-electron chi connectivity index (χ3n) is 12.6. The van der Waals surface area contributed by atoms with E-state index in [-0.39, 0.29) is 41.3 Å². The van der Waals surface area contributed by atoms with Gasteiger partial charge >= 0.3 is 6.09 Å². The van der Waals surface area contributed by atoms with Gasteiger partial charge in [-0.05, 0) is 86.2 Å². The molecule has 2 aromatic heterocycles. The van der Waals surface area contributed by atoms with Crippen LogP contribution in [0.3, 0.4) is 0 Å². The van der Waals surface area contributed by atoms with E-state index < -0.39 is 25.3 Å². The first-order chi connectivity index (χ1) is 26.5. The number of thioether (sulfide) groups is 1. The Morgan fingerprint density at radius 1 is 0.982 bits per heavy atom. The number of nitrogens with zero attached hydrogens (tertiary/aromatic N) is 5. The molecule has 2 fully saturated rings. The first-order valence-corrected chi connectivity index (χ1v) is 23.8. The molecule has 0 N–H and O–H groups in total. The number of rotatable bonds is 6. The van der Waals surface area contributed by atoms with Crippen molar-refractivity contribution in [1.82, 2.24) is 19.9 Å². The third kappa shape index (κ3) is 6.86. The van der Waals surface area contributed by atoms with E-state index in [4.69, 9.17) is 19.7 Å². The molecule has 56 heavy (non-hydrogen) atoms. The van der Waals surface area contributed by atoms with Gasteiger partial charge in [0, 0.05) is 17.5 Å². The van der Waals surface area contributed by atoms with Crippen LogP contribution in [-0.2, 0) is 11.2 Å². The van der Waals surface area contributed by atoms with Gasteiger partial charge in [0.15, 0.2) is 11.0 Å². The second-order valence-electron chi connectivity index (χ2n) is 18.0. The molecule has 0 spiro atoms. The molecule has 1 amide bonds. The lowest BCUT2D eigenvalue weighted by Crippen LogP contribution is -2.64. The van der Waals surface area contributed by atoms with Crippen molar-refractivity contribution >= 4 is 53.4 Å². The van der Waals surface area contributed by atoms with E-state index in [0.29, 0.717) is 68.2 Å². The van der Waals surface area contributed by atoms with Crippen LogP contribution in [0.5, 0.6) is 0 Å². The van der Waals surface area contributed by atoms with Crippen LogP contribution in [-0.4, -0.2) is 70.0 Å². The van der Waals surface area contributed by atoms with Crippen molar-refractivity contribution in [2.45, 2.75) is 147 Å². The maximum absolute atomic E-state index is 17.6.